The topological polar surface area (TPSA) is 91.6 Å². The van der Waals surface area contributed by atoms with Crippen LogP contribution in [0.15, 0.2) is 42.6 Å². The Morgan fingerprint density at radius 2 is 1.78 bits per heavy atom. The van der Waals surface area contributed by atoms with Gasteiger partial charge in [0, 0.05) is 43.8 Å². The third-order valence-corrected chi connectivity index (χ3v) is 7.33. The fourth-order valence-electron chi connectivity index (χ4n) is 5.46. The van der Waals surface area contributed by atoms with E-state index in [4.69, 9.17) is 13.6 Å². The molecule has 2 aliphatic heterocycles. The van der Waals surface area contributed by atoms with Gasteiger partial charge in [0.15, 0.2) is 0 Å². The molecular formula is C28H32BN5O2. The molecule has 2 fully saturated rings. The normalized spacial score (nSPS) is 18.3. The number of likely N-dealkylation sites (tertiary alicyclic amines) is 2. The van der Waals surface area contributed by atoms with E-state index in [9.17, 15) is 9.59 Å². The van der Waals surface area contributed by atoms with Gasteiger partial charge in [-0.05, 0) is 50.5 Å². The fraction of sp³-hybridized carbons (Fsp3) is 0.393. The molecule has 2 amide bonds. The van der Waals surface area contributed by atoms with Gasteiger partial charge in [-0.2, -0.15) is 0 Å². The van der Waals surface area contributed by atoms with Crippen molar-refractivity contribution in [3.05, 3.63) is 59.4 Å². The van der Waals surface area contributed by atoms with Crippen molar-refractivity contribution < 1.29 is 9.59 Å². The first-order valence-electron chi connectivity index (χ1n) is 12.8. The molecule has 0 spiro atoms. The average molecular weight is 481 g/mol. The number of aryl methyl sites for hydroxylation is 1. The summed E-state index contributed by atoms with van der Waals surface area (Å²) in [4.78, 5) is 35.3. The highest BCUT2D eigenvalue weighted by Gasteiger charge is 2.29. The molecule has 5 rings (SSSR count). The Hall–Kier alpha value is -3.55. The maximum atomic E-state index is 13.7. The number of rotatable bonds is 4. The third kappa shape index (κ3) is 4.77. The molecule has 3 aromatic rings. The molecule has 1 aromatic heterocycles. The second-order valence-electron chi connectivity index (χ2n) is 9.93. The van der Waals surface area contributed by atoms with Crippen molar-refractivity contribution in [1.29, 1.82) is 0 Å². The summed E-state index contributed by atoms with van der Waals surface area (Å²) in [5, 5.41) is 5.39. The van der Waals surface area contributed by atoms with E-state index in [0.29, 0.717) is 41.1 Å². The molecular weight excluding hydrogens is 449 g/mol. The molecule has 1 atom stereocenters. The van der Waals surface area contributed by atoms with Crippen LogP contribution in [0.25, 0.3) is 10.8 Å². The highest BCUT2D eigenvalue weighted by atomic mass is 16.2. The molecule has 0 saturated carbocycles. The smallest absolute Gasteiger partial charge is 0.256 e. The number of pyridine rings is 1. The molecule has 2 aliphatic rings. The second-order valence-corrected chi connectivity index (χ2v) is 9.93. The molecule has 0 bridgehead atoms. The van der Waals surface area contributed by atoms with Gasteiger partial charge >= 0.3 is 0 Å². The van der Waals surface area contributed by atoms with Crippen molar-refractivity contribution in [1.82, 2.24) is 14.8 Å². The lowest BCUT2D eigenvalue weighted by molar-refractivity contribution is 0.0708. The van der Waals surface area contributed by atoms with Gasteiger partial charge in [0.25, 0.3) is 11.8 Å². The highest BCUT2D eigenvalue weighted by molar-refractivity contribution is 6.33. The van der Waals surface area contributed by atoms with Crippen LogP contribution in [0.4, 0.5) is 11.4 Å². The number of anilines is 2. The fourth-order valence-corrected chi connectivity index (χ4v) is 5.46. The number of nitrogens with one attached hydrogen (secondary N) is 1. The largest absolute Gasteiger partial charge is 0.397 e. The molecule has 0 unspecified atom stereocenters. The standard InChI is InChI=1S/C28H32BN5O2/c1-18-25(22-10-4-3-8-19(22)16-31-18)28(36)34-13-7-9-21(17-34)32-26-23(14-20(29)15-24(26)30)27(35)33-11-5-2-6-12-33/h3-4,8,10,14-16,21,32H,2,5-7,9,11-13,17,30H2,1H3/t21-/m1/s1. The zero-order valence-corrected chi connectivity index (χ0v) is 20.8. The number of hydrogen-bond donors (Lipinski definition) is 2. The number of carbonyl (C=O) groups excluding carboxylic acids is 2. The van der Waals surface area contributed by atoms with Crippen LogP contribution >= 0.6 is 0 Å². The Bertz CT molecular complexity index is 1300. The first kappa shape index (κ1) is 24.2. The van der Waals surface area contributed by atoms with Gasteiger partial charge < -0.3 is 20.9 Å². The lowest BCUT2D eigenvalue weighted by Gasteiger charge is -2.35. The number of piperidine rings is 2. The van der Waals surface area contributed by atoms with Gasteiger partial charge in [-0.15, -0.1) is 0 Å². The van der Waals surface area contributed by atoms with E-state index >= 15 is 0 Å². The van der Waals surface area contributed by atoms with Crippen LogP contribution in [0.2, 0.25) is 0 Å². The zero-order valence-electron chi connectivity index (χ0n) is 20.8. The molecule has 7 nitrogen and oxygen atoms in total. The first-order chi connectivity index (χ1) is 17.4. The summed E-state index contributed by atoms with van der Waals surface area (Å²) < 4.78 is 0. The highest BCUT2D eigenvalue weighted by Crippen LogP contribution is 2.29. The first-order valence-corrected chi connectivity index (χ1v) is 12.8. The van der Waals surface area contributed by atoms with Gasteiger partial charge in [0.05, 0.1) is 28.2 Å². The molecule has 8 heteroatoms. The number of nitrogens with two attached hydrogens (primary N) is 1. The molecule has 184 valence electrons. The summed E-state index contributed by atoms with van der Waals surface area (Å²) in [6.45, 7) is 4.57. The molecule has 0 aliphatic carbocycles. The Labute approximate surface area is 213 Å². The molecule has 2 radical (unpaired) electrons. The van der Waals surface area contributed by atoms with E-state index in [2.05, 4.69) is 10.3 Å². The molecule has 2 aromatic carbocycles. The van der Waals surface area contributed by atoms with Crippen molar-refractivity contribution in [2.24, 2.45) is 0 Å². The molecule has 3 N–H and O–H groups in total. The monoisotopic (exact) mass is 481 g/mol. The molecule has 2 saturated heterocycles. The summed E-state index contributed by atoms with van der Waals surface area (Å²) >= 11 is 0. The number of amides is 2. The maximum absolute atomic E-state index is 13.7. The number of hydrogen-bond acceptors (Lipinski definition) is 5. The van der Waals surface area contributed by atoms with E-state index in [-0.39, 0.29) is 17.9 Å². The van der Waals surface area contributed by atoms with Gasteiger partial charge in [0.1, 0.15) is 7.85 Å². The van der Waals surface area contributed by atoms with Crippen molar-refractivity contribution >= 4 is 47.3 Å². The maximum Gasteiger partial charge on any atom is 0.256 e. The van der Waals surface area contributed by atoms with Crippen molar-refractivity contribution in [3.8, 4) is 0 Å². The van der Waals surface area contributed by atoms with Crippen LogP contribution in [0.3, 0.4) is 0 Å². The minimum Gasteiger partial charge on any atom is -0.397 e. The van der Waals surface area contributed by atoms with E-state index in [1.54, 1.807) is 12.1 Å². The zero-order chi connectivity index (χ0) is 25.2. The number of fused-ring (bicyclic) bond motifs is 1. The number of nitrogen functional groups attached to an aromatic ring is 1. The van der Waals surface area contributed by atoms with Crippen molar-refractivity contribution in [2.45, 2.75) is 45.1 Å². The Morgan fingerprint density at radius 3 is 2.58 bits per heavy atom. The van der Waals surface area contributed by atoms with E-state index in [1.807, 2.05) is 47.2 Å². The Morgan fingerprint density at radius 1 is 1.03 bits per heavy atom. The summed E-state index contributed by atoms with van der Waals surface area (Å²) in [5.74, 6) is -0.0596. The van der Waals surface area contributed by atoms with E-state index in [1.165, 1.54) is 0 Å². The van der Waals surface area contributed by atoms with Crippen LogP contribution < -0.4 is 16.5 Å². The predicted octanol–water partition coefficient (Wildman–Crippen LogP) is 3.26. The van der Waals surface area contributed by atoms with Crippen molar-refractivity contribution in [3.63, 3.8) is 0 Å². The summed E-state index contributed by atoms with van der Waals surface area (Å²) in [6.07, 6.45) is 6.70. The van der Waals surface area contributed by atoms with Crippen LogP contribution in [0.1, 0.15) is 58.5 Å². The average Bonchev–Trinajstić information content (AvgIpc) is 2.90. The molecule has 36 heavy (non-hydrogen) atoms. The summed E-state index contributed by atoms with van der Waals surface area (Å²) in [7, 11) is 6.08. The van der Waals surface area contributed by atoms with Gasteiger partial charge in [-0.25, -0.2) is 0 Å². The summed E-state index contributed by atoms with van der Waals surface area (Å²) in [6, 6.07) is 11.2. The predicted molar refractivity (Wildman–Crippen MR) is 145 cm³/mol. The van der Waals surface area contributed by atoms with Gasteiger partial charge in [-0.3, -0.25) is 14.6 Å². The number of nitrogens with zero attached hydrogens (tertiary/aromatic N) is 3. The lowest BCUT2D eigenvalue weighted by Crippen LogP contribution is -2.46. The number of aromatic nitrogens is 1. The van der Waals surface area contributed by atoms with E-state index in [0.717, 1.165) is 61.7 Å². The lowest BCUT2D eigenvalue weighted by atomic mass is 9.91. The second kappa shape index (κ2) is 10.2. The van der Waals surface area contributed by atoms with E-state index < -0.39 is 0 Å². The minimum atomic E-state index is -0.0441. The molecule has 3 heterocycles. The van der Waals surface area contributed by atoms with Crippen LogP contribution in [0, 0.1) is 6.92 Å². The quantitative estimate of drug-likeness (QED) is 0.441. The van der Waals surface area contributed by atoms with Crippen LogP contribution in [-0.4, -0.2) is 66.7 Å². The van der Waals surface area contributed by atoms with Crippen LogP contribution in [-0.2, 0) is 0 Å². The number of benzene rings is 2. The Kier molecular flexibility index (Phi) is 6.85. The third-order valence-electron chi connectivity index (χ3n) is 7.33. The summed E-state index contributed by atoms with van der Waals surface area (Å²) in [5.41, 5.74) is 9.80. The minimum absolute atomic E-state index is 0.0156. The van der Waals surface area contributed by atoms with Gasteiger partial charge in [0.2, 0.25) is 0 Å². The SMILES string of the molecule is [B]c1cc(N)c(N[C@@H]2CCCN(C(=O)c3c(C)ncc4ccccc34)C2)c(C(=O)N2CCCCC2)c1. The Balaban J connectivity index is 1.39. The number of carbonyl (C=O) groups is 2. The van der Waals surface area contributed by atoms with Crippen molar-refractivity contribution in [2.75, 3.05) is 37.2 Å². The van der Waals surface area contributed by atoms with Crippen LogP contribution in [0.5, 0.6) is 0 Å². The van der Waals surface area contributed by atoms with Gasteiger partial charge in [-0.1, -0.05) is 35.8 Å².